The van der Waals surface area contributed by atoms with Crippen LogP contribution in [-0.2, 0) is 45.0 Å². The molecule has 0 amide bonds. The lowest BCUT2D eigenvalue weighted by Gasteiger charge is -2.29. The number of hydrogen-bond donors (Lipinski definition) is 2. The Hall–Kier alpha value is -5.40. The summed E-state index contributed by atoms with van der Waals surface area (Å²) in [5.41, 5.74) is 5.47. The molecule has 2 fully saturated rings. The maximum atomic E-state index is 13.0. The molecule has 6 heterocycles. The van der Waals surface area contributed by atoms with Gasteiger partial charge >= 0.3 is 11.9 Å². The summed E-state index contributed by atoms with van der Waals surface area (Å²) in [6.45, 7) is 5.84. The van der Waals surface area contributed by atoms with Crippen molar-refractivity contribution in [1.82, 2.24) is 18.9 Å². The van der Waals surface area contributed by atoms with Crippen molar-refractivity contribution in [2.45, 2.75) is 63.9 Å². The summed E-state index contributed by atoms with van der Waals surface area (Å²) in [6.07, 6.45) is 8.90. The number of aromatic nitrogens is 2. The Morgan fingerprint density at radius 1 is 0.617 bits per heavy atom. The molecule has 12 nitrogen and oxygen atoms in total. The highest BCUT2D eigenvalue weighted by Gasteiger charge is 2.57. The van der Waals surface area contributed by atoms with Gasteiger partial charge in [-0.3, -0.25) is 29.0 Å². The van der Waals surface area contributed by atoms with E-state index >= 15 is 0 Å². The van der Waals surface area contributed by atoms with Crippen molar-refractivity contribution in [3.05, 3.63) is 151 Å². The topological polar surface area (TPSA) is 144 Å². The standard InChI is InChI=1S/2C24H28N2O4/c2*1-3-7-17-10-11-20-21-18(14-26(20)23(17)28)19(15-27)22(24(29)30-2)25(21)13-12-16-8-5-4-6-9-16/h2*3-11,18-19,21-22,27H,12-15H2,1-2H3/b7-3+;7-3-/t2*18-,19-,21+,22-/m11/s1. The lowest BCUT2D eigenvalue weighted by molar-refractivity contribution is -0.149. The van der Waals surface area contributed by atoms with E-state index < -0.39 is 12.1 Å². The molecule has 4 aromatic rings. The van der Waals surface area contributed by atoms with Crippen LogP contribution in [0.25, 0.3) is 12.2 Å². The van der Waals surface area contributed by atoms with Crippen LogP contribution in [0.15, 0.2) is 107 Å². The van der Waals surface area contributed by atoms with E-state index in [2.05, 4.69) is 34.1 Å². The van der Waals surface area contributed by atoms with Gasteiger partial charge in [-0.15, -0.1) is 0 Å². The molecule has 2 saturated heterocycles. The van der Waals surface area contributed by atoms with Crippen LogP contribution in [0.5, 0.6) is 0 Å². The quantitative estimate of drug-likeness (QED) is 0.196. The fourth-order valence-corrected chi connectivity index (χ4v) is 10.4. The molecule has 8 atom stereocenters. The smallest absolute Gasteiger partial charge is 0.323 e. The molecule has 4 aliphatic rings. The maximum Gasteiger partial charge on any atom is 0.323 e. The molecule has 60 heavy (non-hydrogen) atoms. The number of ether oxygens (including phenoxy) is 2. The molecule has 4 aliphatic heterocycles. The van der Waals surface area contributed by atoms with Gasteiger partial charge in [-0.2, -0.15) is 0 Å². The SMILES string of the molecule is C/C=C/c1ccc2n(c1=O)C[C@@H]1[C@@H](CO)[C@H](C(=O)OC)N(CCc3ccccc3)[C@H]21.C/C=C\c1ccc2n(c1=O)C[C@@H]1[C@@H](CO)[C@H](C(=O)OC)N(CCc3ccccc3)[C@H]21. The van der Waals surface area contributed by atoms with E-state index in [9.17, 15) is 29.4 Å². The fraction of sp³-hybridized carbons (Fsp3) is 0.417. The van der Waals surface area contributed by atoms with Crippen LogP contribution in [-0.4, -0.2) is 93.7 Å². The number of methoxy groups -OCH3 is 2. The van der Waals surface area contributed by atoms with Crippen molar-refractivity contribution < 1.29 is 29.3 Å². The summed E-state index contributed by atoms with van der Waals surface area (Å²) in [5, 5.41) is 20.4. The first-order valence-electron chi connectivity index (χ1n) is 20.9. The predicted octanol–water partition coefficient (Wildman–Crippen LogP) is 4.52. The zero-order valence-corrected chi connectivity index (χ0v) is 34.8. The number of rotatable bonds is 12. The predicted molar refractivity (Wildman–Crippen MR) is 230 cm³/mol. The van der Waals surface area contributed by atoms with Crippen molar-refractivity contribution in [3.8, 4) is 0 Å². The summed E-state index contributed by atoms with van der Waals surface area (Å²) in [6, 6.07) is 26.7. The number of likely N-dealkylation sites (tertiary alicyclic amines) is 2. The zero-order chi connectivity index (χ0) is 42.5. The summed E-state index contributed by atoms with van der Waals surface area (Å²) < 4.78 is 13.8. The first kappa shape index (κ1) is 42.7. The monoisotopic (exact) mass is 816 g/mol. The number of aliphatic hydroxyl groups is 2. The molecule has 0 spiro atoms. The third-order valence-corrected chi connectivity index (χ3v) is 13.0. The van der Waals surface area contributed by atoms with Crippen LogP contribution in [0.2, 0.25) is 0 Å². The van der Waals surface area contributed by atoms with Crippen molar-refractivity contribution in [3.63, 3.8) is 0 Å². The van der Waals surface area contributed by atoms with E-state index in [0.717, 1.165) is 24.2 Å². The van der Waals surface area contributed by atoms with Crippen molar-refractivity contribution in [2.75, 3.05) is 40.5 Å². The van der Waals surface area contributed by atoms with Crippen LogP contribution in [0.4, 0.5) is 0 Å². The Morgan fingerprint density at radius 2 is 1.00 bits per heavy atom. The first-order valence-corrected chi connectivity index (χ1v) is 20.9. The molecule has 0 bridgehead atoms. The van der Waals surface area contributed by atoms with Gasteiger partial charge in [-0.05, 0) is 62.1 Å². The largest absolute Gasteiger partial charge is 0.468 e. The molecule has 2 N–H and O–H groups in total. The highest BCUT2D eigenvalue weighted by atomic mass is 16.5. The van der Waals surface area contributed by atoms with Crippen molar-refractivity contribution in [1.29, 1.82) is 0 Å². The van der Waals surface area contributed by atoms with Crippen LogP contribution in [0.1, 0.15) is 59.6 Å². The molecule has 12 heteroatoms. The molecule has 316 valence electrons. The molecule has 0 radical (unpaired) electrons. The van der Waals surface area contributed by atoms with E-state index in [0.29, 0.717) is 37.3 Å². The number of esters is 2. The molecule has 0 saturated carbocycles. The Kier molecular flexibility index (Phi) is 13.4. The van der Waals surface area contributed by atoms with Crippen LogP contribution < -0.4 is 11.1 Å². The summed E-state index contributed by atoms with van der Waals surface area (Å²) in [4.78, 5) is 55.6. The third-order valence-electron chi connectivity index (χ3n) is 13.0. The molecule has 8 rings (SSSR count). The van der Waals surface area contributed by atoms with Gasteiger partial charge in [0.05, 0.1) is 26.3 Å². The maximum absolute atomic E-state index is 13.0. The van der Waals surface area contributed by atoms with Crippen molar-refractivity contribution in [2.24, 2.45) is 23.7 Å². The Bertz CT molecular complexity index is 2160. The molecular formula is C48H56N4O8. The number of allylic oxidation sites excluding steroid dienone is 2. The summed E-state index contributed by atoms with van der Waals surface area (Å²) in [7, 11) is 2.78. The second-order valence-corrected chi connectivity index (χ2v) is 16.1. The van der Waals surface area contributed by atoms with Crippen LogP contribution in [0.3, 0.4) is 0 Å². The number of benzene rings is 2. The number of pyridine rings is 2. The lowest BCUT2D eigenvalue weighted by Crippen LogP contribution is -2.44. The highest BCUT2D eigenvalue weighted by molar-refractivity contribution is 5.77. The minimum atomic E-state index is -0.516. The Balaban J connectivity index is 0.000000181. The van der Waals surface area contributed by atoms with Gasteiger partial charge in [-0.25, -0.2) is 0 Å². The highest BCUT2D eigenvalue weighted by Crippen LogP contribution is 2.50. The first-order chi connectivity index (χ1) is 29.2. The van der Waals surface area contributed by atoms with E-state index in [1.54, 1.807) is 0 Å². The van der Waals surface area contributed by atoms with Crippen LogP contribution >= 0.6 is 0 Å². The second kappa shape index (κ2) is 18.9. The Morgan fingerprint density at radius 3 is 1.33 bits per heavy atom. The van der Waals surface area contributed by atoms with E-state index in [4.69, 9.17) is 9.47 Å². The van der Waals surface area contributed by atoms with E-state index in [-0.39, 0.29) is 72.0 Å². The minimum Gasteiger partial charge on any atom is -0.468 e. The van der Waals surface area contributed by atoms with Gasteiger partial charge in [0.1, 0.15) is 12.1 Å². The second-order valence-electron chi connectivity index (χ2n) is 16.1. The number of nitrogens with zero attached hydrogens (tertiary/aromatic N) is 4. The minimum absolute atomic E-state index is 0.0107. The van der Waals surface area contributed by atoms with Gasteiger partial charge in [0.2, 0.25) is 0 Å². The van der Waals surface area contributed by atoms with Crippen molar-refractivity contribution >= 4 is 24.1 Å². The Labute approximate surface area is 351 Å². The molecule has 0 aliphatic carbocycles. The average Bonchev–Trinajstić information content (AvgIpc) is 4.01. The molecule has 2 aromatic heterocycles. The molecule has 2 aromatic carbocycles. The number of hydrogen-bond acceptors (Lipinski definition) is 10. The third kappa shape index (κ3) is 7.97. The van der Waals surface area contributed by atoms with E-state index in [1.165, 1.54) is 25.3 Å². The van der Waals surface area contributed by atoms with Gasteiger partial charge < -0.3 is 28.8 Å². The fourth-order valence-electron chi connectivity index (χ4n) is 10.4. The zero-order valence-electron chi connectivity index (χ0n) is 34.8. The molecular weight excluding hydrogens is 761 g/mol. The average molecular weight is 817 g/mol. The number of carbonyl (C=O) groups is 2. The summed E-state index contributed by atoms with van der Waals surface area (Å²) >= 11 is 0. The van der Waals surface area contributed by atoms with Crippen LogP contribution in [0, 0.1) is 23.7 Å². The number of carbonyl (C=O) groups excluding carboxylic acids is 2. The molecule has 0 unspecified atom stereocenters. The van der Waals surface area contributed by atoms with Gasteiger partial charge in [0.25, 0.3) is 11.1 Å². The lowest BCUT2D eigenvalue weighted by atomic mass is 9.88. The van der Waals surface area contributed by atoms with Gasteiger partial charge in [0.15, 0.2) is 0 Å². The van der Waals surface area contributed by atoms with E-state index in [1.807, 2.05) is 108 Å². The normalized spacial score (nSPS) is 25.4. The van der Waals surface area contributed by atoms with Gasteiger partial charge in [0, 0.05) is 85.6 Å². The number of aliphatic hydroxyl groups excluding tert-OH is 2. The van der Waals surface area contributed by atoms with Gasteiger partial charge in [-0.1, -0.05) is 85.0 Å². The number of fused-ring (bicyclic) bond motifs is 6. The summed E-state index contributed by atoms with van der Waals surface area (Å²) in [5.74, 6) is -1.22.